The Morgan fingerprint density at radius 3 is 1.68 bits per heavy atom. The number of likely N-dealkylation sites (tertiary alicyclic amines) is 2. The number of phenols is 2. The second-order valence-electron chi connectivity index (χ2n) is 17.6. The maximum atomic E-state index is 14.7. The largest absolute Gasteiger partial charge is 0.633 e. The topological polar surface area (TPSA) is 138 Å². The summed E-state index contributed by atoms with van der Waals surface area (Å²) in [4.78, 5) is 31.9. The second-order valence-corrected chi connectivity index (χ2v) is 17.6. The molecule has 2 heterocycles. The van der Waals surface area contributed by atoms with Crippen molar-refractivity contribution in [3.8, 4) is 23.0 Å². The quantitative estimate of drug-likeness (QED) is 0.195. The summed E-state index contributed by atoms with van der Waals surface area (Å²) in [6, 6.07) is 9.92. The highest BCUT2D eigenvalue weighted by molar-refractivity contribution is 5.86. The van der Waals surface area contributed by atoms with Gasteiger partial charge in [-0.2, -0.15) is 0 Å². The van der Waals surface area contributed by atoms with Crippen molar-refractivity contribution < 1.29 is 43.4 Å². The average molecular weight is 735 g/mol. The van der Waals surface area contributed by atoms with Crippen LogP contribution >= 0.6 is 0 Å². The number of ether oxygens (including phenoxy) is 4. The van der Waals surface area contributed by atoms with E-state index in [2.05, 4.69) is 39.6 Å². The number of hydrogen-bond donors (Lipinski definition) is 2. The van der Waals surface area contributed by atoms with Crippen LogP contribution in [0.15, 0.2) is 36.4 Å². The number of methoxy groups -OCH3 is 2. The number of phenolic OH excluding ortho intramolecular Hbond substituents is 2. The highest BCUT2D eigenvalue weighted by Gasteiger charge is 2.62. The van der Waals surface area contributed by atoms with Gasteiger partial charge in [0.25, 0.3) is 0 Å². The van der Waals surface area contributed by atoms with Gasteiger partial charge in [0.05, 0.1) is 46.2 Å². The number of benzene rings is 2. The van der Waals surface area contributed by atoms with E-state index >= 15 is 0 Å². The zero-order valence-electron chi connectivity index (χ0n) is 32.4. The fourth-order valence-electron chi connectivity index (χ4n) is 11.6. The Kier molecular flexibility index (Phi) is 10.2. The van der Waals surface area contributed by atoms with E-state index < -0.39 is 29.6 Å². The van der Waals surface area contributed by atoms with Gasteiger partial charge in [0, 0.05) is 42.7 Å². The van der Waals surface area contributed by atoms with E-state index in [9.17, 15) is 25.0 Å². The Morgan fingerprint density at radius 1 is 0.717 bits per heavy atom. The van der Waals surface area contributed by atoms with E-state index in [-0.39, 0.29) is 69.5 Å². The van der Waals surface area contributed by atoms with E-state index in [1.165, 1.54) is 26.4 Å². The molecule has 2 aromatic carbocycles. The van der Waals surface area contributed by atoms with Crippen LogP contribution in [0.3, 0.4) is 0 Å². The highest BCUT2D eigenvalue weighted by atomic mass is 16.6. The van der Waals surface area contributed by atoms with Gasteiger partial charge < -0.3 is 43.9 Å². The number of piperidine rings is 2. The minimum absolute atomic E-state index is 0.00666. The highest BCUT2D eigenvalue weighted by Crippen LogP contribution is 2.61. The molecule has 7 rings (SSSR count). The van der Waals surface area contributed by atoms with E-state index in [1.54, 1.807) is 31.3 Å². The molecule has 2 aliphatic heterocycles. The lowest BCUT2D eigenvalue weighted by Gasteiger charge is -2.50. The molecule has 5 aliphatic rings. The van der Waals surface area contributed by atoms with Crippen molar-refractivity contribution in [1.82, 2.24) is 4.90 Å². The molecule has 2 saturated heterocycles. The summed E-state index contributed by atoms with van der Waals surface area (Å²) in [5.74, 6) is -1.01. The number of esters is 2. The average Bonchev–Trinajstić information content (AvgIpc) is 3.56. The van der Waals surface area contributed by atoms with Gasteiger partial charge in [-0.3, -0.25) is 9.59 Å². The first kappa shape index (κ1) is 37.8. The molecule has 290 valence electrons. The van der Waals surface area contributed by atoms with Gasteiger partial charge in [-0.15, -0.1) is 0 Å². The van der Waals surface area contributed by atoms with Crippen molar-refractivity contribution in [3.63, 3.8) is 0 Å². The molecule has 11 heteroatoms. The SMILES string of the molecule is COc1cc(C2C(C(=O)O[C@@H]3C[C@@H]4[C@@H](CN(C)C[C@@H]4C)[C@@H]3C)C(c3ccc(O)c(OC)c3)C2C(=O)O[C@@H]2C[C@@H]3[C@@H](C[N+](C)([O-])C[C@@H]3C)[C@@H]2C)ccc1O. The molecule has 3 aliphatic carbocycles. The molecule has 53 heavy (non-hydrogen) atoms. The zero-order valence-corrected chi connectivity index (χ0v) is 32.4. The lowest BCUT2D eigenvalue weighted by Crippen LogP contribution is -2.53. The number of rotatable bonds is 8. The molecule has 2 aromatic rings. The number of hydroxylamine groups is 3. The fourth-order valence-corrected chi connectivity index (χ4v) is 11.6. The molecule has 3 unspecified atom stereocenters. The monoisotopic (exact) mass is 734 g/mol. The number of nitrogens with zero attached hydrogens (tertiary/aromatic N) is 2. The Balaban J connectivity index is 1.24. The van der Waals surface area contributed by atoms with Gasteiger partial charge in [0.15, 0.2) is 23.0 Å². The van der Waals surface area contributed by atoms with Crippen molar-refractivity contribution in [2.24, 2.45) is 59.2 Å². The summed E-state index contributed by atoms with van der Waals surface area (Å²) in [5.41, 5.74) is 1.32. The van der Waals surface area contributed by atoms with Crippen molar-refractivity contribution in [2.45, 2.75) is 64.6 Å². The number of quaternary nitrogens is 1. The Bertz CT molecular complexity index is 1640. The number of carbonyl (C=O) groups excluding carboxylic acids is 2. The molecule has 0 aromatic heterocycles. The van der Waals surface area contributed by atoms with Crippen LogP contribution in [-0.4, -0.2) is 98.4 Å². The molecular weight excluding hydrogens is 676 g/mol. The van der Waals surface area contributed by atoms with Crippen LogP contribution < -0.4 is 9.47 Å². The summed E-state index contributed by atoms with van der Waals surface area (Å²) < 4.78 is 23.7. The summed E-state index contributed by atoms with van der Waals surface area (Å²) in [5, 5.41) is 34.2. The van der Waals surface area contributed by atoms with E-state index in [1.807, 2.05) is 0 Å². The Hall–Kier alpha value is -3.54. The Labute approximate surface area is 313 Å². The van der Waals surface area contributed by atoms with Gasteiger partial charge in [-0.25, -0.2) is 0 Å². The lowest BCUT2D eigenvalue weighted by molar-refractivity contribution is -0.875. The standard InChI is InChI=1S/C42H58N2O9/c1-21-17-43(5)18-29-23(3)33(15-27(21)29)52-41(47)39-37(25-9-11-31(45)35(13-25)50-7)40(38(39)26-10-12-32(46)36(14-26)51-8)42(48)53-34-16-28-22(2)19-44(6,49)20-30(28)24(34)4/h9-14,21-24,27-30,33-34,37-40,45-46H,15-20H2,1-8H3/t21-,22-,23-,24-,27-,28-,29-,30-,33+,34+,37?,38?,39?,40?,44?/m0/s1. The lowest BCUT2D eigenvalue weighted by atomic mass is 9.52. The van der Waals surface area contributed by atoms with Crippen LogP contribution in [0.2, 0.25) is 0 Å². The fraction of sp³-hybridized carbons (Fsp3) is 0.667. The van der Waals surface area contributed by atoms with E-state index in [0.29, 0.717) is 54.3 Å². The van der Waals surface area contributed by atoms with Crippen LogP contribution in [-0.2, 0) is 19.1 Å². The summed E-state index contributed by atoms with van der Waals surface area (Å²) >= 11 is 0. The molecule has 0 radical (unpaired) electrons. The summed E-state index contributed by atoms with van der Waals surface area (Å²) in [7, 11) is 6.82. The zero-order chi connectivity index (χ0) is 38.1. The maximum absolute atomic E-state index is 14.7. The first-order valence-electron chi connectivity index (χ1n) is 19.5. The van der Waals surface area contributed by atoms with Crippen molar-refractivity contribution in [1.29, 1.82) is 0 Å². The summed E-state index contributed by atoms with van der Waals surface area (Å²) in [6.07, 6.45) is 0.887. The Morgan fingerprint density at radius 2 is 1.19 bits per heavy atom. The smallest absolute Gasteiger partial charge is 0.310 e. The molecule has 3 saturated carbocycles. The van der Waals surface area contributed by atoms with Crippen molar-refractivity contribution >= 4 is 11.9 Å². The molecule has 13 atom stereocenters. The molecule has 5 fully saturated rings. The van der Waals surface area contributed by atoms with Crippen LogP contribution in [0.25, 0.3) is 0 Å². The van der Waals surface area contributed by atoms with Crippen molar-refractivity contribution in [2.75, 3.05) is 54.5 Å². The second kappa shape index (κ2) is 14.3. The molecule has 0 amide bonds. The number of fused-ring (bicyclic) bond motifs is 2. The normalized spacial score (nSPS) is 40.8. The predicted molar refractivity (Wildman–Crippen MR) is 198 cm³/mol. The van der Waals surface area contributed by atoms with Crippen LogP contribution in [0.5, 0.6) is 23.0 Å². The van der Waals surface area contributed by atoms with Gasteiger partial charge in [0.2, 0.25) is 0 Å². The minimum Gasteiger partial charge on any atom is -0.633 e. The third-order valence-electron chi connectivity index (χ3n) is 14.3. The first-order valence-corrected chi connectivity index (χ1v) is 19.5. The number of carbonyl (C=O) groups is 2. The molecule has 11 nitrogen and oxygen atoms in total. The third-order valence-corrected chi connectivity index (χ3v) is 14.3. The van der Waals surface area contributed by atoms with Crippen molar-refractivity contribution in [3.05, 3.63) is 52.7 Å². The summed E-state index contributed by atoms with van der Waals surface area (Å²) in [6.45, 7) is 11.7. The molecule has 0 spiro atoms. The van der Waals surface area contributed by atoms with Gasteiger partial charge >= 0.3 is 11.9 Å². The molecule has 0 bridgehead atoms. The van der Waals surface area contributed by atoms with Gasteiger partial charge in [0.1, 0.15) is 12.2 Å². The van der Waals surface area contributed by atoms with Crippen LogP contribution in [0, 0.1) is 64.4 Å². The predicted octanol–water partition coefficient (Wildman–Crippen LogP) is 5.77. The first-order chi connectivity index (χ1) is 25.1. The minimum atomic E-state index is -0.791. The van der Waals surface area contributed by atoms with Crippen LogP contribution in [0.1, 0.15) is 63.5 Å². The third kappa shape index (κ3) is 6.75. The van der Waals surface area contributed by atoms with E-state index in [4.69, 9.17) is 18.9 Å². The van der Waals surface area contributed by atoms with Crippen LogP contribution in [0.4, 0.5) is 0 Å². The van der Waals surface area contributed by atoms with Gasteiger partial charge in [-0.1, -0.05) is 39.8 Å². The number of aromatic hydroxyl groups is 2. The maximum Gasteiger partial charge on any atom is 0.310 e. The molecular formula is C42H58N2O9. The number of hydrogen-bond acceptors (Lipinski definition) is 10. The molecule has 2 N–H and O–H groups in total. The van der Waals surface area contributed by atoms with E-state index in [0.717, 1.165) is 19.5 Å². The van der Waals surface area contributed by atoms with Gasteiger partial charge in [-0.05, 0) is 84.9 Å².